The predicted octanol–water partition coefficient (Wildman–Crippen LogP) is 0.788. The second-order valence-electron chi connectivity index (χ2n) is 5.31. The van der Waals surface area contributed by atoms with Gasteiger partial charge in [-0.05, 0) is 13.8 Å². The number of hydrogen-bond acceptors (Lipinski definition) is 1. The largest absolute Gasteiger partial charge is 0.391 e. The second kappa shape index (κ2) is 7.21. The molecule has 88 valence electrons. The number of rotatable bonds is 4. The van der Waals surface area contributed by atoms with E-state index in [2.05, 4.69) is 49.1 Å². The molecule has 0 aliphatic heterocycles. The van der Waals surface area contributed by atoms with Gasteiger partial charge in [0.2, 0.25) is 0 Å². The van der Waals surface area contributed by atoms with Crippen molar-refractivity contribution in [3.63, 3.8) is 0 Å². The second-order valence-corrected chi connectivity index (χ2v) is 5.31. The number of aliphatic hydroxyl groups is 1. The fourth-order valence-electron chi connectivity index (χ4n) is 0.429. The minimum absolute atomic E-state index is 0.292. The molecule has 0 atom stereocenters. The number of nitrogens with zero attached hydrogens (tertiary/aromatic N) is 2. The molecule has 0 aromatic heterocycles. The fourth-order valence-corrected chi connectivity index (χ4v) is 0.429. The van der Waals surface area contributed by atoms with E-state index in [1.165, 1.54) is 6.54 Å². The van der Waals surface area contributed by atoms with Gasteiger partial charge in [-0.25, -0.2) is 0 Å². The molecule has 0 aliphatic rings. The molecule has 14 heavy (non-hydrogen) atoms. The van der Waals surface area contributed by atoms with Crippen LogP contribution in [0.3, 0.4) is 0 Å². The van der Waals surface area contributed by atoms with Gasteiger partial charge in [0.15, 0.2) is 0 Å². The lowest BCUT2D eigenvalue weighted by atomic mass is 10.5. The van der Waals surface area contributed by atoms with Gasteiger partial charge in [-0.2, -0.15) is 0 Å². The van der Waals surface area contributed by atoms with Crippen molar-refractivity contribution in [2.45, 2.75) is 13.8 Å². The Bertz CT molecular complexity index is 128. The van der Waals surface area contributed by atoms with Crippen molar-refractivity contribution in [3.8, 4) is 0 Å². The van der Waals surface area contributed by atoms with Crippen LogP contribution in [-0.2, 0) is 0 Å². The molecule has 1 N–H and O–H groups in total. The topological polar surface area (TPSA) is 20.2 Å². The number of likely N-dealkylation sites (N-methyl/N-ethyl adjacent to an activating group) is 1. The molecule has 0 amide bonds. The van der Waals surface area contributed by atoms with E-state index in [1.54, 1.807) is 0 Å². The summed E-state index contributed by atoms with van der Waals surface area (Å²) in [6.45, 7) is 7.74. The molecule has 0 aliphatic carbocycles. The molecule has 0 rings (SSSR count). The molecule has 0 saturated heterocycles. The Morgan fingerprint density at radius 2 is 1.21 bits per heavy atom. The van der Waals surface area contributed by atoms with Crippen LogP contribution >= 0.6 is 0 Å². The third kappa shape index (κ3) is 14.4. The highest BCUT2D eigenvalue weighted by atomic mass is 16.3. The van der Waals surface area contributed by atoms with Gasteiger partial charge in [0, 0.05) is 0 Å². The summed E-state index contributed by atoms with van der Waals surface area (Å²) in [6, 6.07) is 0. The Balaban J connectivity index is 0. The SMILES string of the molecule is CC[N+](C)(C)C.CC[N+](C)(C)CCO. The number of quaternary nitrogens is 2. The van der Waals surface area contributed by atoms with Crippen molar-refractivity contribution < 1.29 is 14.1 Å². The first-order valence-corrected chi connectivity index (χ1v) is 5.42. The monoisotopic (exact) mass is 206 g/mol. The maximum atomic E-state index is 8.52. The van der Waals surface area contributed by atoms with Crippen molar-refractivity contribution in [3.05, 3.63) is 0 Å². The molecule has 0 radical (unpaired) electrons. The van der Waals surface area contributed by atoms with Crippen molar-refractivity contribution >= 4 is 0 Å². The van der Waals surface area contributed by atoms with Crippen molar-refractivity contribution in [2.75, 3.05) is 61.5 Å². The summed E-state index contributed by atoms with van der Waals surface area (Å²) < 4.78 is 1.98. The summed E-state index contributed by atoms with van der Waals surface area (Å²) in [5.41, 5.74) is 0. The van der Waals surface area contributed by atoms with Gasteiger partial charge in [-0.3, -0.25) is 0 Å². The summed E-state index contributed by atoms with van der Waals surface area (Å²) in [5.74, 6) is 0. The van der Waals surface area contributed by atoms with Crippen LogP contribution in [0.1, 0.15) is 13.8 Å². The van der Waals surface area contributed by atoms with Crippen molar-refractivity contribution in [1.82, 2.24) is 0 Å². The van der Waals surface area contributed by atoms with Crippen molar-refractivity contribution in [1.29, 1.82) is 0 Å². The van der Waals surface area contributed by atoms with Crippen LogP contribution < -0.4 is 0 Å². The predicted molar refractivity (Wildman–Crippen MR) is 63.2 cm³/mol. The first-order valence-electron chi connectivity index (χ1n) is 5.42. The van der Waals surface area contributed by atoms with Gasteiger partial charge < -0.3 is 14.1 Å². The highest BCUT2D eigenvalue weighted by Crippen LogP contribution is 1.92. The zero-order valence-corrected chi connectivity index (χ0v) is 11.2. The maximum Gasteiger partial charge on any atom is 0.102 e. The van der Waals surface area contributed by atoms with E-state index in [-0.39, 0.29) is 0 Å². The van der Waals surface area contributed by atoms with Crippen LogP contribution in [0.2, 0.25) is 0 Å². The first kappa shape index (κ1) is 16.3. The Kier molecular flexibility index (Phi) is 8.40. The van der Waals surface area contributed by atoms with E-state index >= 15 is 0 Å². The lowest BCUT2D eigenvalue weighted by molar-refractivity contribution is -0.888. The Morgan fingerprint density at radius 1 is 0.857 bits per heavy atom. The highest BCUT2D eigenvalue weighted by Gasteiger charge is 2.08. The van der Waals surface area contributed by atoms with Gasteiger partial charge in [0.1, 0.15) is 6.54 Å². The first-order chi connectivity index (χ1) is 6.18. The Morgan fingerprint density at radius 3 is 1.29 bits per heavy atom. The number of hydrogen-bond donors (Lipinski definition) is 1. The average molecular weight is 206 g/mol. The molecular formula is C11H30N2O+2. The Hall–Kier alpha value is -0.120. The molecule has 0 unspecified atom stereocenters. The van der Waals surface area contributed by atoms with Gasteiger partial charge in [0.05, 0.1) is 54.9 Å². The van der Waals surface area contributed by atoms with E-state index in [4.69, 9.17) is 5.11 Å². The van der Waals surface area contributed by atoms with Crippen LogP contribution in [-0.4, -0.2) is 75.6 Å². The van der Waals surface area contributed by atoms with Gasteiger partial charge in [-0.15, -0.1) is 0 Å². The van der Waals surface area contributed by atoms with E-state index in [9.17, 15) is 0 Å². The van der Waals surface area contributed by atoms with Crippen molar-refractivity contribution in [2.24, 2.45) is 0 Å². The fraction of sp³-hybridized carbons (Fsp3) is 1.00. The maximum absolute atomic E-state index is 8.52. The van der Waals surface area contributed by atoms with Crippen LogP contribution in [0.5, 0.6) is 0 Å². The summed E-state index contributed by atoms with van der Waals surface area (Å²) in [6.07, 6.45) is 0. The lowest BCUT2D eigenvalue weighted by Gasteiger charge is -2.26. The number of aliphatic hydroxyl groups excluding tert-OH is 1. The quantitative estimate of drug-likeness (QED) is 0.674. The van der Waals surface area contributed by atoms with Gasteiger partial charge in [0.25, 0.3) is 0 Å². The third-order valence-electron chi connectivity index (χ3n) is 2.51. The summed E-state index contributed by atoms with van der Waals surface area (Å²) in [5, 5.41) is 8.52. The van der Waals surface area contributed by atoms with E-state index in [1.807, 2.05) is 0 Å². The van der Waals surface area contributed by atoms with Crippen LogP contribution in [0.4, 0.5) is 0 Å². The van der Waals surface area contributed by atoms with Crippen LogP contribution in [0.15, 0.2) is 0 Å². The molecule has 0 fully saturated rings. The molecule has 0 bridgehead atoms. The summed E-state index contributed by atoms with van der Waals surface area (Å²) in [4.78, 5) is 0. The molecule has 3 nitrogen and oxygen atoms in total. The minimum atomic E-state index is 0.292. The smallest absolute Gasteiger partial charge is 0.102 e. The zero-order valence-electron chi connectivity index (χ0n) is 11.2. The van der Waals surface area contributed by atoms with E-state index in [0.717, 1.165) is 22.1 Å². The van der Waals surface area contributed by atoms with Crippen LogP contribution in [0.25, 0.3) is 0 Å². The van der Waals surface area contributed by atoms with Gasteiger partial charge >= 0.3 is 0 Å². The normalized spacial score (nSPS) is 12.0. The lowest BCUT2D eigenvalue weighted by Crippen LogP contribution is -2.41. The molecule has 0 aromatic rings. The summed E-state index contributed by atoms with van der Waals surface area (Å²) in [7, 11) is 10.8. The van der Waals surface area contributed by atoms with Crippen LogP contribution in [0, 0.1) is 0 Å². The highest BCUT2D eigenvalue weighted by molar-refractivity contribution is 4.24. The zero-order chi connectivity index (χ0) is 11.8. The molecular weight excluding hydrogens is 176 g/mol. The molecule has 0 heterocycles. The molecule has 0 spiro atoms. The minimum Gasteiger partial charge on any atom is -0.391 e. The molecule has 3 heteroatoms. The third-order valence-corrected chi connectivity index (χ3v) is 2.51. The summed E-state index contributed by atoms with van der Waals surface area (Å²) >= 11 is 0. The standard InChI is InChI=1S/C6H16NO.C5H14N/c1-4-7(2,3)5-6-8;1-5-6(2,3)4/h8H,4-6H2,1-3H3;5H2,1-4H3/q2*+1. The molecule has 0 saturated carbocycles. The average Bonchev–Trinajstić information content (AvgIpc) is 2.04. The Labute approximate surface area is 90.1 Å². The van der Waals surface area contributed by atoms with Gasteiger partial charge in [-0.1, -0.05) is 0 Å². The van der Waals surface area contributed by atoms with E-state index < -0.39 is 0 Å². The van der Waals surface area contributed by atoms with E-state index in [0.29, 0.717) is 6.61 Å². The molecule has 0 aromatic carbocycles.